The van der Waals surface area contributed by atoms with Crippen molar-refractivity contribution in [3.05, 3.63) is 200 Å². The SMILES string of the molecule is c1ccc(-c2cccc3cccc(-c4ccccc4N(c4ccccc4-c4cccc5sc6ccccc6c45)c4cccc5ccccc45)c23)cc1. The van der Waals surface area contributed by atoms with Crippen molar-refractivity contribution in [3.63, 3.8) is 0 Å². The minimum absolute atomic E-state index is 1.13. The molecule has 0 saturated carbocycles. The maximum atomic E-state index is 2.50. The molecule has 0 fully saturated rings. The van der Waals surface area contributed by atoms with E-state index in [1.165, 1.54) is 75.1 Å². The molecule has 0 N–H and O–H groups in total. The lowest BCUT2D eigenvalue weighted by Crippen LogP contribution is -2.13. The summed E-state index contributed by atoms with van der Waals surface area (Å²) < 4.78 is 2.61. The van der Waals surface area contributed by atoms with E-state index in [1.54, 1.807) is 0 Å². The van der Waals surface area contributed by atoms with E-state index in [1.807, 2.05) is 11.3 Å². The maximum absolute atomic E-state index is 2.50. The van der Waals surface area contributed by atoms with E-state index in [4.69, 9.17) is 0 Å². The molecule has 244 valence electrons. The number of rotatable bonds is 6. The second-order valence-electron chi connectivity index (χ2n) is 13.2. The first-order valence-corrected chi connectivity index (χ1v) is 18.6. The summed E-state index contributed by atoms with van der Waals surface area (Å²) in [6.07, 6.45) is 0. The number of anilines is 3. The Hall–Kier alpha value is -6.48. The van der Waals surface area contributed by atoms with Crippen LogP contribution < -0.4 is 4.90 Å². The average Bonchev–Trinajstić information content (AvgIpc) is 3.61. The highest BCUT2D eigenvalue weighted by Gasteiger charge is 2.24. The van der Waals surface area contributed by atoms with Crippen LogP contribution in [0.15, 0.2) is 200 Å². The molecule has 0 radical (unpaired) electrons. The van der Waals surface area contributed by atoms with Crippen LogP contribution in [0.1, 0.15) is 0 Å². The van der Waals surface area contributed by atoms with Crippen molar-refractivity contribution in [3.8, 4) is 33.4 Å². The monoisotopic (exact) mass is 679 g/mol. The van der Waals surface area contributed by atoms with Crippen molar-refractivity contribution in [1.82, 2.24) is 0 Å². The molecule has 10 aromatic rings. The summed E-state index contributed by atoms with van der Waals surface area (Å²) in [6.45, 7) is 0. The highest BCUT2D eigenvalue weighted by Crippen LogP contribution is 2.50. The summed E-state index contributed by atoms with van der Waals surface area (Å²) in [7, 11) is 0. The molecule has 0 bridgehead atoms. The van der Waals surface area contributed by atoms with Gasteiger partial charge in [-0.25, -0.2) is 0 Å². The number of fused-ring (bicyclic) bond motifs is 5. The molecule has 1 nitrogen and oxygen atoms in total. The van der Waals surface area contributed by atoms with Crippen molar-refractivity contribution >= 4 is 70.1 Å². The van der Waals surface area contributed by atoms with Crippen LogP contribution in [0.4, 0.5) is 17.1 Å². The van der Waals surface area contributed by atoms with Gasteiger partial charge in [0.25, 0.3) is 0 Å². The third-order valence-corrected chi connectivity index (χ3v) is 11.4. The molecule has 0 saturated heterocycles. The van der Waals surface area contributed by atoms with Crippen molar-refractivity contribution in [2.45, 2.75) is 0 Å². The van der Waals surface area contributed by atoms with E-state index in [0.717, 1.165) is 17.1 Å². The Morgan fingerprint density at radius 3 is 1.54 bits per heavy atom. The second kappa shape index (κ2) is 12.7. The minimum Gasteiger partial charge on any atom is -0.309 e. The van der Waals surface area contributed by atoms with Crippen LogP contribution >= 0.6 is 11.3 Å². The first kappa shape index (κ1) is 30.4. The van der Waals surface area contributed by atoms with Gasteiger partial charge in [0.05, 0.1) is 17.1 Å². The zero-order chi connectivity index (χ0) is 34.4. The number of hydrogen-bond acceptors (Lipinski definition) is 2. The molecule has 0 aliphatic rings. The van der Waals surface area contributed by atoms with Crippen molar-refractivity contribution in [2.75, 3.05) is 4.90 Å². The molecular weight excluding hydrogens is 647 g/mol. The van der Waals surface area contributed by atoms with E-state index < -0.39 is 0 Å². The second-order valence-corrected chi connectivity index (χ2v) is 14.3. The van der Waals surface area contributed by atoms with Crippen LogP contribution in [-0.2, 0) is 0 Å². The smallest absolute Gasteiger partial charge is 0.0540 e. The highest BCUT2D eigenvalue weighted by molar-refractivity contribution is 7.25. The zero-order valence-corrected chi connectivity index (χ0v) is 29.2. The van der Waals surface area contributed by atoms with Crippen molar-refractivity contribution < 1.29 is 0 Å². The Morgan fingerprint density at radius 1 is 0.288 bits per heavy atom. The fraction of sp³-hybridized carbons (Fsp3) is 0. The van der Waals surface area contributed by atoms with Gasteiger partial charge in [0, 0.05) is 36.7 Å². The number of thiophene rings is 1. The first-order chi connectivity index (χ1) is 25.8. The molecule has 0 aliphatic heterocycles. The molecule has 2 heteroatoms. The molecule has 0 unspecified atom stereocenters. The van der Waals surface area contributed by atoms with Gasteiger partial charge < -0.3 is 4.90 Å². The molecule has 0 amide bonds. The molecule has 1 aromatic heterocycles. The summed E-state index contributed by atoms with van der Waals surface area (Å²) in [6, 6.07) is 73.0. The third kappa shape index (κ3) is 4.99. The van der Waals surface area contributed by atoms with Crippen LogP contribution in [-0.4, -0.2) is 0 Å². The lowest BCUT2D eigenvalue weighted by atomic mass is 9.90. The third-order valence-electron chi connectivity index (χ3n) is 10.3. The molecule has 0 atom stereocenters. The van der Waals surface area contributed by atoms with Gasteiger partial charge in [-0.15, -0.1) is 11.3 Å². The first-order valence-electron chi connectivity index (χ1n) is 17.8. The lowest BCUT2D eigenvalue weighted by Gasteiger charge is -2.31. The number of benzene rings is 9. The maximum Gasteiger partial charge on any atom is 0.0540 e. The van der Waals surface area contributed by atoms with E-state index in [9.17, 15) is 0 Å². The lowest BCUT2D eigenvalue weighted by molar-refractivity contribution is 1.30. The Morgan fingerprint density at radius 2 is 0.769 bits per heavy atom. The van der Waals surface area contributed by atoms with Crippen LogP contribution in [0.5, 0.6) is 0 Å². The van der Waals surface area contributed by atoms with Crippen LogP contribution in [0.25, 0.3) is 75.1 Å². The van der Waals surface area contributed by atoms with E-state index in [0.29, 0.717) is 0 Å². The quantitative estimate of drug-likeness (QED) is 0.169. The van der Waals surface area contributed by atoms with E-state index in [-0.39, 0.29) is 0 Å². The fourth-order valence-electron chi connectivity index (χ4n) is 8.01. The molecule has 0 spiro atoms. The normalized spacial score (nSPS) is 11.5. The standard InChI is InChI=1S/C50H33NS/c1-2-16-35(17-3-1)38-26-12-20-36-21-13-27-41(49(36)38)39-23-6-9-29-45(39)51(44-31-14-19-34-18-4-5-22-37(34)44)46-30-10-7-24-40(46)42-28-15-33-48-50(42)43-25-8-11-32-47(43)52-48/h1-33H. The minimum atomic E-state index is 1.13. The van der Waals surface area contributed by atoms with Gasteiger partial charge in [-0.2, -0.15) is 0 Å². The van der Waals surface area contributed by atoms with Gasteiger partial charge >= 0.3 is 0 Å². The Balaban J connectivity index is 1.29. The van der Waals surface area contributed by atoms with Gasteiger partial charge in [-0.3, -0.25) is 0 Å². The van der Waals surface area contributed by atoms with E-state index in [2.05, 4.69) is 205 Å². The molecule has 52 heavy (non-hydrogen) atoms. The number of hydrogen-bond donors (Lipinski definition) is 0. The summed E-state index contributed by atoms with van der Waals surface area (Å²) in [5, 5.41) is 7.50. The molecule has 0 aliphatic carbocycles. The largest absolute Gasteiger partial charge is 0.309 e. The van der Waals surface area contributed by atoms with Gasteiger partial charge in [0.1, 0.15) is 0 Å². The van der Waals surface area contributed by atoms with Gasteiger partial charge in [-0.1, -0.05) is 170 Å². The van der Waals surface area contributed by atoms with Crippen LogP contribution in [0, 0.1) is 0 Å². The van der Waals surface area contributed by atoms with Gasteiger partial charge in [0.2, 0.25) is 0 Å². The topological polar surface area (TPSA) is 3.24 Å². The van der Waals surface area contributed by atoms with Crippen molar-refractivity contribution in [2.24, 2.45) is 0 Å². The molecule has 9 aromatic carbocycles. The molecule has 1 heterocycles. The predicted octanol–water partition coefficient (Wildman–Crippen LogP) is 14.8. The Kier molecular flexibility index (Phi) is 7.41. The van der Waals surface area contributed by atoms with Gasteiger partial charge in [-0.05, 0) is 68.7 Å². The zero-order valence-electron chi connectivity index (χ0n) is 28.4. The summed E-state index contributed by atoms with van der Waals surface area (Å²) in [4.78, 5) is 2.50. The predicted molar refractivity (Wildman–Crippen MR) is 225 cm³/mol. The van der Waals surface area contributed by atoms with Crippen LogP contribution in [0.2, 0.25) is 0 Å². The summed E-state index contributed by atoms with van der Waals surface area (Å²) in [5.41, 5.74) is 10.7. The Labute approximate surface area is 307 Å². The van der Waals surface area contributed by atoms with Crippen LogP contribution in [0.3, 0.4) is 0 Å². The fourth-order valence-corrected chi connectivity index (χ4v) is 9.14. The number of para-hydroxylation sites is 2. The number of nitrogens with zero attached hydrogens (tertiary/aromatic N) is 1. The molecule has 10 rings (SSSR count). The average molecular weight is 680 g/mol. The van der Waals surface area contributed by atoms with Gasteiger partial charge in [0.15, 0.2) is 0 Å². The summed E-state index contributed by atoms with van der Waals surface area (Å²) in [5.74, 6) is 0. The summed E-state index contributed by atoms with van der Waals surface area (Å²) >= 11 is 1.87. The van der Waals surface area contributed by atoms with Crippen molar-refractivity contribution in [1.29, 1.82) is 0 Å². The highest BCUT2D eigenvalue weighted by atomic mass is 32.1. The Bertz CT molecular complexity index is 2910. The van der Waals surface area contributed by atoms with E-state index >= 15 is 0 Å². The molecular formula is C50H33NS.